The van der Waals surface area contributed by atoms with E-state index in [1.807, 2.05) is 0 Å². The summed E-state index contributed by atoms with van der Waals surface area (Å²) in [5.74, 6) is 1.25. The third-order valence-electron chi connectivity index (χ3n) is 6.45. The highest BCUT2D eigenvalue weighted by molar-refractivity contribution is 5.87. The van der Waals surface area contributed by atoms with Crippen molar-refractivity contribution >= 4 is 16.6 Å². The van der Waals surface area contributed by atoms with E-state index in [-0.39, 0.29) is 5.54 Å². The Hall–Kier alpha value is -3.13. The van der Waals surface area contributed by atoms with Crippen molar-refractivity contribution < 1.29 is 4.57 Å². The van der Waals surface area contributed by atoms with Crippen LogP contribution in [0.1, 0.15) is 32.3 Å². The quantitative estimate of drug-likeness (QED) is 0.386. The molecule has 1 aliphatic rings. The van der Waals surface area contributed by atoms with Crippen LogP contribution in [0.2, 0.25) is 0 Å². The summed E-state index contributed by atoms with van der Waals surface area (Å²) in [5, 5.41) is 0. The molecule has 2 nitrogen and oxygen atoms in total. The van der Waals surface area contributed by atoms with Gasteiger partial charge in [0.15, 0.2) is 11.0 Å². The summed E-state index contributed by atoms with van der Waals surface area (Å²) >= 11 is 0. The van der Waals surface area contributed by atoms with Gasteiger partial charge in [0.05, 0.1) is 5.56 Å². The second kappa shape index (κ2) is 6.20. The molecule has 28 heavy (non-hydrogen) atoms. The number of para-hydroxylation sites is 3. The van der Waals surface area contributed by atoms with Crippen molar-refractivity contribution in [3.05, 3.63) is 91.0 Å². The van der Waals surface area contributed by atoms with Gasteiger partial charge in [-0.05, 0) is 48.7 Å². The number of hydrogen-bond donors (Lipinski definition) is 0. The van der Waals surface area contributed by atoms with Crippen LogP contribution in [0.4, 0.5) is 0 Å². The first-order valence-corrected chi connectivity index (χ1v) is 10.1. The topological polar surface area (TPSA) is 8.81 Å². The van der Waals surface area contributed by atoms with Crippen molar-refractivity contribution in [3.63, 3.8) is 0 Å². The highest BCUT2D eigenvalue weighted by Crippen LogP contribution is 2.45. The number of benzene rings is 3. The first kappa shape index (κ1) is 17.0. The number of hydrogen-bond acceptors (Lipinski definition) is 0. The zero-order valence-electron chi connectivity index (χ0n) is 16.5. The lowest BCUT2D eigenvalue weighted by molar-refractivity contribution is -0.718. The summed E-state index contributed by atoms with van der Waals surface area (Å²) < 4.78 is 4.97. The molecule has 4 aromatic rings. The van der Waals surface area contributed by atoms with Crippen LogP contribution in [0.15, 0.2) is 85.4 Å². The van der Waals surface area contributed by atoms with E-state index in [1.165, 1.54) is 39.2 Å². The lowest BCUT2D eigenvalue weighted by atomic mass is 9.76. The molecule has 0 bridgehead atoms. The van der Waals surface area contributed by atoms with Crippen molar-refractivity contribution in [1.29, 1.82) is 0 Å². The average Bonchev–Trinajstić information content (AvgIpc) is 3.11. The summed E-state index contributed by atoms with van der Waals surface area (Å²) in [6.45, 7) is 9.18. The van der Waals surface area contributed by atoms with Gasteiger partial charge in [0.25, 0.3) is 5.82 Å². The lowest BCUT2D eigenvalue weighted by Crippen LogP contribution is -2.59. The maximum atomic E-state index is 4.61. The molecule has 138 valence electrons. The Kier molecular flexibility index (Phi) is 3.77. The van der Waals surface area contributed by atoms with Crippen LogP contribution in [0.5, 0.6) is 0 Å². The molecule has 0 fully saturated rings. The van der Waals surface area contributed by atoms with E-state index >= 15 is 0 Å². The molecule has 0 saturated heterocycles. The van der Waals surface area contributed by atoms with E-state index in [4.69, 9.17) is 0 Å². The second-order valence-corrected chi connectivity index (χ2v) is 7.58. The molecule has 0 unspecified atom stereocenters. The standard InChI is InChI=1S/C26H25N2/c1-4-26(5-2)19(3)21-15-9-10-16-22(21)25-27(20-13-7-6-8-14-20)23-17-11-12-18-24(23)28(25)26/h6-18H,3-5H2,1-2H3/q+1. The smallest absolute Gasteiger partial charge is 0.213 e. The number of aromatic nitrogens is 2. The average molecular weight is 366 g/mol. The van der Waals surface area contributed by atoms with E-state index < -0.39 is 0 Å². The normalized spacial score (nSPS) is 14.7. The third-order valence-corrected chi connectivity index (χ3v) is 6.45. The predicted molar refractivity (Wildman–Crippen MR) is 116 cm³/mol. The van der Waals surface area contributed by atoms with E-state index in [9.17, 15) is 0 Å². The van der Waals surface area contributed by atoms with Crippen LogP contribution >= 0.6 is 0 Å². The molecule has 3 aromatic carbocycles. The maximum absolute atomic E-state index is 4.61. The van der Waals surface area contributed by atoms with Crippen LogP contribution in [0.25, 0.3) is 33.7 Å². The maximum Gasteiger partial charge on any atom is 0.296 e. The fourth-order valence-corrected chi connectivity index (χ4v) is 5.00. The number of fused-ring (bicyclic) bond motifs is 5. The van der Waals surface area contributed by atoms with Gasteiger partial charge >= 0.3 is 0 Å². The van der Waals surface area contributed by atoms with Gasteiger partial charge in [-0.25, -0.2) is 4.57 Å². The minimum atomic E-state index is -0.122. The van der Waals surface area contributed by atoms with Gasteiger partial charge in [0.2, 0.25) is 0 Å². The Morgan fingerprint density at radius 1 is 0.786 bits per heavy atom. The zero-order valence-corrected chi connectivity index (χ0v) is 16.5. The van der Waals surface area contributed by atoms with Crippen molar-refractivity contribution in [3.8, 4) is 17.1 Å². The Morgan fingerprint density at radius 2 is 1.39 bits per heavy atom. The number of nitrogens with zero attached hydrogens (tertiary/aromatic N) is 2. The molecule has 0 amide bonds. The van der Waals surface area contributed by atoms with Gasteiger partial charge < -0.3 is 0 Å². The van der Waals surface area contributed by atoms with Crippen LogP contribution in [0, 0.1) is 0 Å². The largest absolute Gasteiger partial charge is 0.296 e. The van der Waals surface area contributed by atoms with Crippen molar-refractivity contribution in [1.82, 2.24) is 4.57 Å². The first-order chi connectivity index (χ1) is 13.7. The second-order valence-electron chi connectivity index (χ2n) is 7.58. The van der Waals surface area contributed by atoms with Gasteiger partial charge in [-0.15, -0.1) is 0 Å². The molecule has 0 aliphatic carbocycles. The lowest BCUT2D eigenvalue weighted by Gasteiger charge is -2.36. The van der Waals surface area contributed by atoms with Gasteiger partial charge in [-0.3, -0.25) is 0 Å². The monoisotopic (exact) mass is 365 g/mol. The molecular formula is C26H25N2+. The minimum Gasteiger partial charge on any atom is -0.213 e. The van der Waals surface area contributed by atoms with Crippen molar-refractivity contribution in [2.75, 3.05) is 0 Å². The van der Waals surface area contributed by atoms with Crippen molar-refractivity contribution in [2.45, 2.75) is 32.2 Å². The molecule has 0 radical (unpaired) electrons. The van der Waals surface area contributed by atoms with E-state index in [0.717, 1.165) is 12.8 Å². The molecule has 0 saturated carbocycles. The molecule has 0 spiro atoms. The van der Waals surface area contributed by atoms with E-state index in [1.54, 1.807) is 0 Å². The Balaban J connectivity index is 2.03. The Labute approximate surface area is 166 Å². The zero-order chi connectivity index (χ0) is 19.3. The van der Waals surface area contributed by atoms with Gasteiger partial charge in [-0.2, -0.15) is 4.57 Å². The number of imidazole rings is 1. The fourth-order valence-electron chi connectivity index (χ4n) is 5.00. The highest BCUT2D eigenvalue weighted by atomic mass is 15.2. The molecule has 0 N–H and O–H groups in total. The van der Waals surface area contributed by atoms with Gasteiger partial charge in [0.1, 0.15) is 11.2 Å². The molecule has 5 rings (SSSR count). The molecular weight excluding hydrogens is 340 g/mol. The number of rotatable bonds is 3. The summed E-state index contributed by atoms with van der Waals surface area (Å²) in [5.41, 5.74) is 7.32. The molecule has 0 atom stereocenters. The molecule has 2 heteroatoms. The highest BCUT2D eigenvalue weighted by Gasteiger charge is 2.48. The van der Waals surface area contributed by atoms with Crippen LogP contribution in [-0.4, -0.2) is 4.57 Å². The van der Waals surface area contributed by atoms with Gasteiger partial charge in [-0.1, -0.05) is 69.0 Å². The minimum absolute atomic E-state index is 0.122. The molecule has 2 heterocycles. The Morgan fingerprint density at radius 3 is 2.11 bits per heavy atom. The van der Waals surface area contributed by atoms with Crippen LogP contribution in [-0.2, 0) is 5.54 Å². The summed E-state index contributed by atoms with van der Waals surface area (Å²) in [6.07, 6.45) is 2.02. The first-order valence-electron chi connectivity index (χ1n) is 10.1. The van der Waals surface area contributed by atoms with Crippen LogP contribution < -0.4 is 4.57 Å². The predicted octanol–water partition coefficient (Wildman–Crippen LogP) is 6.13. The SMILES string of the molecule is C=C1c2ccccc2-c2n(-c3ccccc3)c3ccccc3[n+]2C1(CC)CC. The molecule has 1 aromatic heterocycles. The molecule has 1 aliphatic heterocycles. The third kappa shape index (κ3) is 2.06. The van der Waals surface area contributed by atoms with Gasteiger partial charge in [0, 0.05) is 5.57 Å². The van der Waals surface area contributed by atoms with E-state index in [0.29, 0.717) is 0 Å². The summed E-state index contributed by atoms with van der Waals surface area (Å²) in [4.78, 5) is 0. The van der Waals surface area contributed by atoms with Crippen LogP contribution in [0.3, 0.4) is 0 Å². The van der Waals surface area contributed by atoms with E-state index in [2.05, 4.69) is 108 Å². The fraction of sp³-hybridized carbons (Fsp3) is 0.192. The van der Waals surface area contributed by atoms with Crippen molar-refractivity contribution in [2.24, 2.45) is 0 Å². The summed E-state index contributed by atoms with van der Waals surface area (Å²) in [7, 11) is 0. The number of allylic oxidation sites excluding steroid dienone is 1. The Bertz CT molecular complexity index is 1190. The summed E-state index contributed by atoms with van der Waals surface area (Å²) in [6, 6.07) is 28.2.